The van der Waals surface area contributed by atoms with E-state index in [-0.39, 0.29) is 6.10 Å². The van der Waals surface area contributed by atoms with Gasteiger partial charge in [0.2, 0.25) is 0 Å². The van der Waals surface area contributed by atoms with Gasteiger partial charge in [-0.15, -0.1) is 0 Å². The second kappa shape index (κ2) is 7.31. The van der Waals surface area contributed by atoms with Crippen LogP contribution in [-0.2, 0) is 4.74 Å². The van der Waals surface area contributed by atoms with E-state index in [0.717, 1.165) is 0 Å². The maximum absolute atomic E-state index is 6.75. The number of rotatable bonds is 5. The number of piperidine rings is 1. The van der Waals surface area contributed by atoms with E-state index in [0.29, 0.717) is 24.2 Å². The van der Waals surface area contributed by atoms with Crippen LogP contribution in [0, 0.1) is 0 Å². The molecule has 25 heavy (non-hydrogen) atoms. The second-order valence-corrected chi connectivity index (χ2v) is 7.86. The van der Waals surface area contributed by atoms with Crippen molar-refractivity contribution in [3.8, 4) is 0 Å². The van der Waals surface area contributed by atoms with Crippen molar-refractivity contribution in [3.63, 3.8) is 0 Å². The summed E-state index contributed by atoms with van der Waals surface area (Å²) in [4.78, 5) is 2.74. The monoisotopic (exact) mass is 335 g/mol. The molecule has 1 unspecified atom stereocenters. The van der Waals surface area contributed by atoms with Crippen LogP contribution in [0.4, 0.5) is 0 Å². The molecule has 2 heteroatoms. The first kappa shape index (κ1) is 16.8. The molecule has 2 aromatic rings. The predicted octanol–water partition coefficient (Wildman–Crippen LogP) is 5.20. The second-order valence-electron chi connectivity index (χ2n) is 7.86. The van der Waals surface area contributed by atoms with Crippen molar-refractivity contribution in [3.05, 3.63) is 71.8 Å². The Morgan fingerprint density at radius 1 is 0.800 bits per heavy atom. The van der Waals surface area contributed by atoms with Gasteiger partial charge in [-0.05, 0) is 50.7 Å². The van der Waals surface area contributed by atoms with Gasteiger partial charge in [0.25, 0.3) is 0 Å². The molecule has 0 amide bonds. The van der Waals surface area contributed by atoms with Gasteiger partial charge >= 0.3 is 0 Å². The lowest BCUT2D eigenvalue weighted by Crippen LogP contribution is -2.48. The quantitative estimate of drug-likeness (QED) is 0.745. The first-order valence-corrected chi connectivity index (χ1v) is 9.75. The molecule has 2 heterocycles. The van der Waals surface area contributed by atoms with Crippen LogP contribution in [0.3, 0.4) is 0 Å². The van der Waals surface area contributed by atoms with Crippen molar-refractivity contribution in [1.29, 1.82) is 0 Å². The summed E-state index contributed by atoms with van der Waals surface area (Å²) in [5.74, 6) is 0. The zero-order chi connectivity index (χ0) is 17.2. The largest absolute Gasteiger partial charge is 0.365 e. The Morgan fingerprint density at radius 2 is 1.28 bits per heavy atom. The molecule has 4 rings (SSSR count). The van der Waals surface area contributed by atoms with Gasteiger partial charge in [-0.1, -0.05) is 60.7 Å². The third-order valence-electron chi connectivity index (χ3n) is 5.88. The SMILES string of the molecule is CC(C)N1[C@@H]2CC[C@H]1CC(OC(c1ccccc1)c1ccccc1)C2. The predicted molar refractivity (Wildman–Crippen MR) is 103 cm³/mol. The topological polar surface area (TPSA) is 12.5 Å². The maximum Gasteiger partial charge on any atom is 0.108 e. The van der Waals surface area contributed by atoms with E-state index in [1.54, 1.807) is 0 Å². The summed E-state index contributed by atoms with van der Waals surface area (Å²) in [6, 6.07) is 23.4. The van der Waals surface area contributed by atoms with Crippen LogP contribution in [0.5, 0.6) is 0 Å². The molecule has 2 aliphatic rings. The molecule has 132 valence electrons. The average molecular weight is 335 g/mol. The highest BCUT2D eigenvalue weighted by molar-refractivity contribution is 5.30. The molecular weight excluding hydrogens is 306 g/mol. The van der Waals surface area contributed by atoms with Crippen LogP contribution in [0.2, 0.25) is 0 Å². The molecule has 2 nitrogen and oxygen atoms in total. The van der Waals surface area contributed by atoms with Gasteiger partial charge in [0.15, 0.2) is 0 Å². The zero-order valence-electron chi connectivity index (χ0n) is 15.3. The van der Waals surface area contributed by atoms with Crippen molar-refractivity contribution < 1.29 is 4.74 Å². The van der Waals surface area contributed by atoms with Crippen LogP contribution >= 0.6 is 0 Å². The fourth-order valence-corrected chi connectivity index (χ4v) is 4.92. The summed E-state index contributed by atoms with van der Waals surface area (Å²) in [7, 11) is 0. The number of benzene rings is 2. The van der Waals surface area contributed by atoms with Crippen molar-refractivity contribution in [1.82, 2.24) is 4.90 Å². The third kappa shape index (κ3) is 3.51. The summed E-state index contributed by atoms with van der Waals surface area (Å²) >= 11 is 0. The molecule has 0 saturated carbocycles. The van der Waals surface area contributed by atoms with Crippen LogP contribution in [-0.4, -0.2) is 29.1 Å². The lowest BCUT2D eigenvalue weighted by atomic mass is 9.96. The first-order valence-electron chi connectivity index (χ1n) is 9.75. The Hall–Kier alpha value is -1.64. The van der Waals surface area contributed by atoms with Crippen molar-refractivity contribution in [2.24, 2.45) is 0 Å². The summed E-state index contributed by atoms with van der Waals surface area (Å²) in [6.45, 7) is 4.67. The molecule has 2 bridgehead atoms. The Kier molecular flexibility index (Phi) is 4.91. The van der Waals surface area contributed by atoms with Gasteiger partial charge in [-0.25, -0.2) is 0 Å². The molecular formula is C23H29NO. The van der Waals surface area contributed by atoms with E-state index in [9.17, 15) is 0 Å². The smallest absolute Gasteiger partial charge is 0.108 e. The normalized spacial score (nSPS) is 26.5. The van der Waals surface area contributed by atoms with Crippen molar-refractivity contribution in [2.75, 3.05) is 0 Å². The minimum Gasteiger partial charge on any atom is -0.365 e. The highest BCUT2D eigenvalue weighted by Gasteiger charge is 2.42. The highest BCUT2D eigenvalue weighted by Crippen LogP contribution is 2.40. The minimum absolute atomic E-state index is 0.0393. The standard InChI is InChI=1S/C23H29NO/c1-17(2)24-20-13-14-21(24)16-22(15-20)25-23(18-9-5-3-6-10-18)19-11-7-4-8-12-19/h3-12,17,20-23H,13-16H2,1-2H3/t20-,21+,22?. The summed E-state index contributed by atoms with van der Waals surface area (Å²) in [6.07, 6.45) is 5.42. The molecule has 0 N–H and O–H groups in total. The van der Waals surface area contributed by atoms with Crippen LogP contribution < -0.4 is 0 Å². The maximum atomic E-state index is 6.75. The lowest BCUT2D eigenvalue weighted by molar-refractivity contribution is -0.0548. The molecule has 2 aliphatic heterocycles. The fourth-order valence-electron chi connectivity index (χ4n) is 4.92. The molecule has 2 saturated heterocycles. The average Bonchev–Trinajstić information content (AvgIpc) is 2.92. The third-order valence-corrected chi connectivity index (χ3v) is 5.88. The Bertz CT molecular complexity index is 616. The molecule has 0 spiro atoms. The van der Waals surface area contributed by atoms with Crippen molar-refractivity contribution >= 4 is 0 Å². The minimum atomic E-state index is 0.0393. The molecule has 3 atom stereocenters. The Morgan fingerprint density at radius 3 is 1.72 bits per heavy atom. The van der Waals surface area contributed by atoms with Gasteiger partial charge in [0.05, 0.1) is 6.10 Å². The van der Waals surface area contributed by atoms with Crippen molar-refractivity contribution in [2.45, 2.75) is 69.9 Å². The van der Waals surface area contributed by atoms with Gasteiger partial charge < -0.3 is 4.74 Å². The van der Waals surface area contributed by atoms with E-state index in [1.807, 2.05) is 0 Å². The van der Waals surface area contributed by atoms with E-state index >= 15 is 0 Å². The molecule has 2 fully saturated rings. The van der Waals surface area contributed by atoms with E-state index < -0.39 is 0 Å². The van der Waals surface area contributed by atoms with Crippen LogP contribution in [0.25, 0.3) is 0 Å². The van der Waals surface area contributed by atoms with Gasteiger partial charge in [-0.3, -0.25) is 4.90 Å². The number of fused-ring (bicyclic) bond motifs is 2. The number of nitrogens with zero attached hydrogens (tertiary/aromatic N) is 1. The number of ether oxygens (including phenoxy) is 1. The van der Waals surface area contributed by atoms with Gasteiger partial charge in [0, 0.05) is 18.1 Å². The first-order chi connectivity index (χ1) is 12.2. The van der Waals surface area contributed by atoms with E-state index in [1.165, 1.54) is 36.8 Å². The van der Waals surface area contributed by atoms with Crippen LogP contribution in [0.15, 0.2) is 60.7 Å². The highest BCUT2D eigenvalue weighted by atomic mass is 16.5. The molecule has 0 aliphatic carbocycles. The summed E-state index contributed by atoms with van der Waals surface area (Å²) in [5.41, 5.74) is 2.51. The summed E-state index contributed by atoms with van der Waals surface area (Å²) in [5, 5.41) is 0. The number of hydrogen-bond acceptors (Lipinski definition) is 2. The van der Waals surface area contributed by atoms with E-state index in [4.69, 9.17) is 4.74 Å². The van der Waals surface area contributed by atoms with Crippen LogP contribution in [0.1, 0.15) is 56.8 Å². The van der Waals surface area contributed by atoms with Gasteiger partial charge in [0.1, 0.15) is 6.10 Å². The fraction of sp³-hybridized carbons (Fsp3) is 0.478. The van der Waals surface area contributed by atoms with Gasteiger partial charge in [-0.2, -0.15) is 0 Å². The molecule has 2 aromatic carbocycles. The zero-order valence-corrected chi connectivity index (χ0v) is 15.3. The molecule has 0 radical (unpaired) electrons. The number of hydrogen-bond donors (Lipinski definition) is 0. The Balaban J connectivity index is 1.54. The lowest BCUT2D eigenvalue weighted by Gasteiger charge is -2.42. The summed E-state index contributed by atoms with van der Waals surface area (Å²) < 4.78 is 6.75. The Labute approximate surface area is 151 Å². The molecule has 0 aromatic heterocycles. The van der Waals surface area contributed by atoms with E-state index in [2.05, 4.69) is 79.4 Å².